The summed E-state index contributed by atoms with van der Waals surface area (Å²) < 4.78 is 5.31. The van der Waals surface area contributed by atoms with Crippen molar-refractivity contribution in [1.82, 2.24) is 5.32 Å². The molecule has 2 rings (SSSR count). The smallest absolute Gasteiger partial charge is 0.282 e. The second-order valence-corrected chi connectivity index (χ2v) is 4.33. The van der Waals surface area contributed by atoms with Crippen LogP contribution in [0.3, 0.4) is 0 Å². The lowest BCUT2D eigenvalue weighted by Crippen LogP contribution is -2.23. The summed E-state index contributed by atoms with van der Waals surface area (Å²) in [6.07, 6.45) is 0. The summed E-state index contributed by atoms with van der Waals surface area (Å²) in [6, 6.07) is 7.46. The number of benzene rings is 1. The van der Waals surface area contributed by atoms with Crippen molar-refractivity contribution in [2.24, 2.45) is 5.84 Å². The molecule has 0 aliphatic heterocycles. The van der Waals surface area contributed by atoms with Crippen molar-refractivity contribution in [2.45, 2.75) is 13.5 Å². The number of aryl methyl sites for hydroxylation is 1. The number of hydrogen-bond acceptors (Lipinski definition) is 6. The van der Waals surface area contributed by atoms with E-state index in [1.54, 1.807) is 19.1 Å². The van der Waals surface area contributed by atoms with Crippen molar-refractivity contribution in [3.8, 4) is 0 Å². The van der Waals surface area contributed by atoms with Crippen molar-refractivity contribution in [3.63, 3.8) is 0 Å². The normalized spacial score (nSPS) is 10.2. The molecule has 0 atom stereocenters. The van der Waals surface area contributed by atoms with Crippen LogP contribution in [0.5, 0.6) is 0 Å². The van der Waals surface area contributed by atoms with Gasteiger partial charge in [0.1, 0.15) is 17.1 Å². The van der Waals surface area contributed by atoms with Gasteiger partial charge in [0.05, 0.1) is 11.5 Å². The number of carbonyl (C=O) groups excluding carboxylic acids is 1. The zero-order valence-corrected chi connectivity index (χ0v) is 11.3. The Morgan fingerprint density at radius 1 is 1.38 bits per heavy atom. The molecule has 1 aromatic carbocycles. The molecule has 0 fully saturated rings. The minimum absolute atomic E-state index is 0.0706. The number of amides is 1. The standard InChI is InChI=1S/C13H14N4O4/c1-8-2-4-10(21-8)7-15-13(18)11-6-9(16-14)3-5-12(11)17(19)20/h2-6,16H,7,14H2,1H3,(H,15,18). The predicted molar refractivity (Wildman–Crippen MR) is 75.5 cm³/mol. The SMILES string of the molecule is Cc1ccc(CNC(=O)c2cc(NN)ccc2[N+](=O)[O-])o1. The molecule has 2 aromatic rings. The molecular weight excluding hydrogens is 276 g/mol. The van der Waals surface area contributed by atoms with Gasteiger partial charge in [-0.1, -0.05) is 0 Å². The van der Waals surface area contributed by atoms with Crippen molar-refractivity contribution in [1.29, 1.82) is 0 Å². The van der Waals surface area contributed by atoms with Crippen molar-refractivity contribution in [2.75, 3.05) is 5.43 Å². The van der Waals surface area contributed by atoms with E-state index in [4.69, 9.17) is 10.3 Å². The van der Waals surface area contributed by atoms with E-state index in [2.05, 4.69) is 10.7 Å². The van der Waals surface area contributed by atoms with E-state index in [0.717, 1.165) is 5.76 Å². The Morgan fingerprint density at radius 2 is 2.14 bits per heavy atom. The zero-order valence-electron chi connectivity index (χ0n) is 11.3. The first kappa shape index (κ1) is 14.5. The molecule has 0 spiro atoms. The van der Waals surface area contributed by atoms with E-state index >= 15 is 0 Å². The summed E-state index contributed by atoms with van der Waals surface area (Å²) >= 11 is 0. The largest absolute Gasteiger partial charge is 0.465 e. The molecule has 0 bridgehead atoms. The third-order valence-electron chi connectivity index (χ3n) is 2.82. The first-order valence-corrected chi connectivity index (χ1v) is 6.10. The molecule has 21 heavy (non-hydrogen) atoms. The minimum atomic E-state index is -0.619. The lowest BCUT2D eigenvalue weighted by molar-refractivity contribution is -0.385. The van der Waals surface area contributed by atoms with Crippen LogP contribution in [0.4, 0.5) is 11.4 Å². The monoisotopic (exact) mass is 290 g/mol. The van der Waals surface area contributed by atoms with Crippen LogP contribution in [0.2, 0.25) is 0 Å². The number of nitrogens with two attached hydrogens (primary N) is 1. The summed E-state index contributed by atoms with van der Waals surface area (Å²) in [5, 5.41) is 13.5. The number of carbonyl (C=O) groups is 1. The molecule has 8 heteroatoms. The molecule has 0 radical (unpaired) electrons. The maximum atomic E-state index is 12.1. The molecule has 110 valence electrons. The van der Waals surface area contributed by atoms with Crippen LogP contribution < -0.4 is 16.6 Å². The number of nitro groups is 1. The van der Waals surface area contributed by atoms with Gasteiger partial charge in [0.15, 0.2) is 0 Å². The molecule has 1 aromatic heterocycles. The van der Waals surface area contributed by atoms with Gasteiger partial charge in [-0.05, 0) is 31.2 Å². The van der Waals surface area contributed by atoms with Crippen molar-refractivity contribution in [3.05, 3.63) is 57.5 Å². The van der Waals surface area contributed by atoms with Gasteiger partial charge < -0.3 is 15.2 Å². The first-order valence-electron chi connectivity index (χ1n) is 6.10. The van der Waals surface area contributed by atoms with E-state index in [1.165, 1.54) is 18.2 Å². The number of nitrogens with zero attached hydrogens (tertiary/aromatic N) is 1. The van der Waals surface area contributed by atoms with E-state index in [0.29, 0.717) is 11.4 Å². The number of furan rings is 1. The fraction of sp³-hybridized carbons (Fsp3) is 0.154. The Morgan fingerprint density at radius 3 is 2.71 bits per heavy atom. The van der Waals surface area contributed by atoms with Crippen molar-refractivity contribution < 1.29 is 14.1 Å². The predicted octanol–water partition coefficient (Wildman–Crippen LogP) is 1.71. The molecule has 0 aliphatic carbocycles. The number of rotatable bonds is 5. The van der Waals surface area contributed by atoms with E-state index < -0.39 is 10.8 Å². The van der Waals surface area contributed by atoms with Crippen LogP contribution in [-0.2, 0) is 6.54 Å². The Labute approximate surface area is 120 Å². The Kier molecular flexibility index (Phi) is 4.19. The highest BCUT2D eigenvalue weighted by atomic mass is 16.6. The van der Waals surface area contributed by atoms with Gasteiger partial charge >= 0.3 is 0 Å². The van der Waals surface area contributed by atoms with Gasteiger partial charge in [-0.3, -0.25) is 20.8 Å². The highest BCUT2D eigenvalue weighted by Gasteiger charge is 2.20. The summed E-state index contributed by atoms with van der Waals surface area (Å²) in [5.41, 5.74) is 2.39. The summed E-state index contributed by atoms with van der Waals surface area (Å²) in [6.45, 7) is 1.93. The maximum absolute atomic E-state index is 12.1. The number of hydrazine groups is 1. The summed E-state index contributed by atoms with van der Waals surface area (Å²) in [7, 11) is 0. The average Bonchev–Trinajstić information content (AvgIpc) is 2.89. The van der Waals surface area contributed by atoms with Crippen LogP contribution in [-0.4, -0.2) is 10.8 Å². The molecule has 4 N–H and O–H groups in total. The van der Waals surface area contributed by atoms with Gasteiger partial charge in [-0.15, -0.1) is 0 Å². The van der Waals surface area contributed by atoms with Crippen LogP contribution in [0.15, 0.2) is 34.7 Å². The quantitative estimate of drug-likeness (QED) is 0.437. The van der Waals surface area contributed by atoms with Crippen LogP contribution in [0.25, 0.3) is 0 Å². The Balaban J connectivity index is 2.19. The van der Waals surface area contributed by atoms with Crippen molar-refractivity contribution >= 4 is 17.3 Å². The van der Waals surface area contributed by atoms with Crippen LogP contribution in [0.1, 0.15) is 21.9 Å². The number of hydrogen-bond donors (Lipinski definition) is 3. The molecule has 0 saturated carbocycles. The fourth-order valence-electron chi connectivity index (χ4n) is 1.81. The molecule has 1 amide bonds. The summed E-state index contributed by atoms with van der Waals surface area (Å²) in [4.78, 5) is 22.4. The Hall–Kier alpha value is -2.87. The number of anilines is 1. The second-order valence-electron chi connectivity index (χ2n) is 4.33. The van der Waals surface area contributed by atoms with Gasteiger partial charge in [0.25, 0.3) is 11.6 Å². The van der Waals surface area contributed by atoms with Gasteiger partial charge in [-0.25, -0.2) is 0 Å². The van der Waals surface area contributed by atoms with Gasteiger partial charge in [0, 0.05) is 11.8 Å². The fourth-order valence-corrected chi connectivity index (χ4v) is 1.81. The number of nitro benzene ring substituents is 1. The van der Waals surface area contributed by atoms with E-state index in [-0.39, 0.29) is 17.8 Å². The molecule has 1 heterocycles. The Bertz CT molecular complexity index is 681. The average molecular weight is 290 g/mol. The minimum Gasteiger partial charge on any atom is -0.465 e. The lowest BCUT2D eigenvalue weighted by atomic mass is 10.1. The third-order valence-corrected chi connectivity index (χ3v) is 2.82. The van der Waals surface area contributed by atoms with Crippen LogP contribution >= 0.6 is 0 Å². The third kappa shape index (κ3) is 3.37. The van der Waals surface area contributed by atoms with Gasteiger partial charge in [0.2, 0.25) is 0 Å². The van der Waals surface area contributed by atoms with E-state index in [1.807, 2.05) is 0 Å². The van der Waals surface area contributed by atoms with E-state index in [9.17, 15) is 14.9 Å². The molecule has 0 saturated heterocycles. The highest BCUT2D eigenvalue weighted by Crippen LogP contribution is 2.22. The highest BCUT2D eigenvalue weighted by molar-refractivity contribution is 5.99. The lowest BCUT2D eigenvalue weighted by Gasteiger charge is -2.06. The zero-order chi connectivity index (χ0) is 15.4. The maximum Gasteiger partial charge on any atom is 0.282 e. The topological polar surface area (TPSA) is 123 Å². The molecular formula is C13H14N4O4. The number of nitrogens with one attached hydrogen (secondary N) is 2. The molecule has 8 nitrogen and oxygen atoms in total. The first-order chi connectivity index (χ1) is 10.0. The second kappa shape index (κ2) is 6.06. The van der Waals surface area contributed by atoms with Crippen LogP contribution in [0, 0.1) is 17.0 Å². The molecule has 0 aliphatic rings. The van der Waals surface area contributed by atoms with Gasteiger partial charge in [-0.2, -0.15) is 0 Å². The number of nitrogen functional groups attached to an aromatic ring is 1. The summed E-state index contributed by atoms with van der Waals surface area (Å²) in [5.74, 6) is 5.96. The molecule has 0 unspecified atom stereocenters.